The van der Waals surface area contributed by atoms with E-state index in [1.807, 2.05) is 0 Å². The Morgan fingerprint density at radius 2 is 1.77 bits per heavy atom. The van der Waals surface area contributed by atoms with Gasteiger partial charge in [0.15, 0.2) is 0 Å². The fourth-order valence-corrected chi connectivity index (χ4v) is 0.603. The molecule has 0 bridgehead atoms. The van der Waals surface area contributed by atoms with E-state index < -0.39 is 21.4 Å². The fraction of sp³-hybridized carbons (Fsp3) is 0.800. The molecule has 0 aromatic heterocycles. The molecule has 0 aliphatic heterocycles. The van der Waals surface area contributed by atoms with E-state index in [0.717, 1.165) is 0 Å². The van der Waals surface area contributed by atoms with Crippen molar-refractivity contribution in [3.63, 3.8) is 0 Å². The summed E-state index contributed by atoms with van der Waals surface area (Å²) < 4.78 is 7.13. The minimum Gasteiger partial charge on any atom is -0.431 e. The van der Waals surface area contributed by atoms with Gasteiger partial charge in [0.1, 0.15) is 18.1 Å². The van der Waals surface area contributed by atoms with Gasteiger partial charge in [-0.2, -0.15) is 0 Å². The van der Waals surface area contributed by atoms with E-state index in [1.165, 1.54) is 0 Å². The van der Waals surface area contributed by atoms with Gasteiger partial charge in [0, 0.05) is 0 Å². The Hall–Kier alpha value is 0.720. The Bertz CT molecular complexity index is 166. The van der Waals surface area contributed by atoms with Crippen molar-refractivity contribution < 1.29 is 14.3 Å². The van der Waals surface area contributed by atoms with Gasteiger partial charge in [0.25, 0.3) is 0 Å². The lowest BCUT2D eigenvalue weighted by Gasteiger charge is -2.11. The summed E-state index contributed by atoms with van der Waals surface area (Å²) in [4.78, 5) is 9.85. The highest BCUT2D eigenvalue weighted by Crippen LogP contribution is 2.25. The van der Waals surface area contributed by atoms with Crippen molar-refractivity contribution in [2.24, 2.45) is 0 Å². The summed E-state index contributed by atoms with van der Waals surface area (Å²) in [7, 11) is 0. The van der Waals surface area contributed by atoms with Gasteiger partial charge in [-0.1, -0.05) is 34.8 Å². The largest absolute Gasteiger partial charge is 0.508 e. The van der Waals surface area contributed by atoms with Crippen LogP contribution in [0.25, 0.3) is 0 Å². The van der Waals surface area contributed by atoms with E-state index in [1.54, 1.807) is 0 Å². The molecular weight excluding hydrogens is 285 g/mol. The summed E-state index contributed by atoms with van der Waals surface area (Å²) in [5.41, 5.74) is 0. The van der Waals surface area contributed by atoms with Crippen LogP contribution >= 0.6 is 58.0 Å². The molecule has 0 fully saturated rings. The number of ether oxygens (including phenoxy) is 2. The Morgan fingerprint density at radius 3 is 2.15 bits per heavy atom. The third-order valence-electron chi connectivity index (χ3n) is 0.681. The van der Waals surface area contributed by atoms with Crippen LogP contribution in [0.5, 0.6) is 0 Å². The van der Waals surface area contributed by atoms with Crippen LogP contribution in [-0.4, -0.2) is 28.0 Å². The predicted molar refractivity (Wildman–Crippen MR) is 53.1 cm³/mol. The molecule has 0 aromatic carbocycles. The van der Waals surface area contributed by atoms with Crippen LogP contribution in [0, 0.1) is 0 Å². The van der Waals surface area contributed by atoms with Crippen molar-refractivity contribution in [3.05, 3.63) is 0 Å². The summed E-state index contributed by atoms with van der Waals surface area (Å²) in [6.07, 6.45) is -0.988. The maximum Gasteiger partial charge on any atom is 0.508 e. The molecule has 0 aromatic rings. The van der Waals surface area contributed by atoms with E-state index in [2.05, 4.69) is 9.47 Å². The topological polar surface area (TPSA) is 35.5 Å². The molecule has 0 unspecified atom stereocenters. The Morgan fingerprint density at radius 1 is 1.23 bits per heavy atom. The van der Waals surface area contributed by atoms with Gasteiger partial charge in [-0.05, 0) is 0 Å². The number of halogens is 5. The third kappa shape index (κ3) is 10.6. The van der Waals surface area contributed by atoms with Gasteiger partial charge in [0.05, 0.1) is 0 Å². The molecule has 0 aliphatic carbocycles. The van der Waals surface area contributed by atoms with Crippen LogP contribution in [0.4, 0.5) is 4.79 Å². The number of rotatable bonds is 3. The lowest BCUT2D eigenvalue weighted by molar-refractivity contribution is 0.0595. The fourth-order valence-electron chi connectivity index (χ4n) is 0.313. The van der Waals surface area contributed by atoms with Gasteiger partial charge in [-0.25, -0.2) is 4.79 Å². The first-order valence-corrected chi connectivity index (χ1v) is 4.96. The number of carbonyl (C=O) groups excluding carboxylic acids is 1. The van der Waals surface area contributed by atoms with Gasteiger partial charge in [-0.15, -0.1) is 23.2 Å². The Labute approximate surface area is 100 Å². The SMILES string of the molecule is O=C(OCC(Cl)Cl)OCC(Cl)(Cl)Cl. The minimum atomic E-state index is -1.65. The average molecular weight is 290 g/mol. The number of alkyl halides is 5. The minimum absolute atomic E-state index is 0.179. The molecule has 0 saturated carbocycles. The first-order valence-electron chi connectivity index (χ1n) is 2.95. The first-order chi connectivity index (χ1) is 5.81. The highest BCUT2D eigenvalue weighted by Gasteiger charge is 2.22. The highest BCUT2D eigenvalue weighted by atomic mass is 35.6. The highest BCUT2D eigenvalue weighted by molar-refractivity contribution is 6.67. The molecule has 0 aliphatic rings. The quantitative estimate of drug-likeness (QED) is 0.591. The van der Waals surface area contributed by atoms with Gasteiger partial charge in [-0.3, -0.25) is 0 Å². The Balaban J connectivity index is 3.53. The average Bonchev–Trinajstić information content (AvgIpc) is 1.95. The van der Waals surface area contributed by atoms with Crippen LogP contribution < -0.4 is 0 Å². The predicted octanol–water partition coefficient (Wildman–Crippen LogP) is 3.31. The molecule has 0 N–H and O–H groups in total. The molecule has 3 nitrogen and oxygen atoms in total. The van der Waals surface area contributed by atoms with E-state index in [9.17, 15) is 4.79 Å². The van der Waals surface area contributed by atoms with E-state index >= 15 is 0 Å². The van der Waals surface area contributed by atoms with E-state index in [0.29, 0.717) is 0 Å². The molecule has 8 heteroatoms. The molecule has 0 atom stereocenters. The van der Waals surface area contributed by atoms with Crippen molar-refractivity contribution in [1.29, 1.82) is 0 Å². The number of hydrogen-bond donors (Lipinski definition) is 0. The molecule has 0 heterocycles. The monoisotopic (exact) mass is 288 g/mol. The second-order valence-electron chi connectivity index (χ2n) is 1.86. The second kappa shape index (κ2) is 6.25. The molecule has 0 radical (unpaired) electrons. The van der Waals surface area contributed by atoms with Crippen LogP contribution in [0.3, 0.4) is 0 Å². The van der Waals surface area contributed by atoms with Gasteiger partial charge in [0.2, 0.25) is 3.79 Å². The number of carbonyl (C=O) groups is 1. The normalized spacial score (nSPS) is 11.5. The first kappa shape index (κ1) is 13.7. The van der Waals surface area contributed by atoms with E-state index in [4.69, 9.17) is 58.0 Å². The zero-order chi connectivity index (χ0) is 10.5. The summed E-state index contributed by atoms with van der Waals surface area (Å²) in [5, 5.41) is 0. The molecule has 78 valence electrons. The standard InChI is InChI=1S/C5H5Cl5O3/c6-3(7)1-12-4(11)13-2-5(8,9)10/h3H,1-2H2. The molecule has 0 rings (SSSR count). The molecule has 0 saturated heterocycles. The van der Waals surface area contributed by atoms with E-state index in [-0.39, 0.29) is 6.61 Å². The van der Waals surface area contributed by atoms with Crippen molar-refractivity contribution in [2.75, 3.05) is 13.2 Å². The maximum atomic E-state index is 10.7. The molecule has 13 heavy (non-hydrogen) atoms. The Kier molecular flexibility index (Phi) is 6.60. The van der Waals surface area contributed by atoms with Crippen molar-refractivity contribution in [1.82, 2.24) is 0 Å². The lowest BCUT2D eigenvalue weighted by Crippen LogP contribution is -2.19. The van der Waals surface area contributed by atoms with Crippen LogP contribution in [0.2, 0.25) is 0 Å². The van der Waals surface area contributed by atoms with Crippen molar-refractivity contribution in [2.45, 2.75) is 8.63 Å². The van der Waals surface area contributed by atoms with Crippen LogP contribution in [0.1, 0.15) is 0 Å². The summed E-state index contributed by atoms with van der Waals surface area (Å²) in [5.74, 6) is 0. The van der Waals surface area contributed by atoms with Crippen molar-refractivity contribution >= 4 is 64.2 Å². The van der Waals surface area contributed by atoms with Crippen LogP contribution in [0.15, 0.2) is 0 Å². The zero-order valence-electron chi connectivity index (χ0n) is 6.11. The maximum absolute atomic E-state index is 10.7. The van der Waals surface area contributed by atoms with Gasteiger partial charge >= 0.3 is 6.16 Å². The van der Waals surface area contributed by atoms with Crippen molar-refractivity contribution in [3.8, 4) is 0 Å². The van der Waals surface area contributed by atoms with Crippen LogP contribution in [-0.2, 0) is 9.47 Å². The molecule has 0 spiro atoms. The second-order valence-corrected chi connectivity index (χ2v) is 5.65. The smallest absolute Gasteiger partial charge is 0.431 e. The zero-order valence-corrected chi connectivity index (χ0v) is 9.89. The third-order valence-corrected chi connectivity index (χ3v) is 1.26. The molecular formula is C5H5Cl5O3. The molecule has 0 amide bonds. The summed E-state index contributed by atoms with van der Waals surface area (Å²) in [6, 6.07) is 0. The number of hydrogen-bond acceptors (Lipinski definition) is 3. The lowest BCUT2D eigenvalue weighted by atomic mass is 10.8. The van der Waals surface area contributed by atoms with Gasteiger partial charge < -0.3 is 9.47 Å². The summed E-state index contributed by atoms with van der Waals surface area (Å²) in [6.45, 7) is -0.576. The summed E-state index contributed by atoms with van der Waals surface area (Å²) >= 11 is 26.4.